The van der Waals surface area contributed by atoms with E-state index in [1.807, 2.05) is 60.7 Å². The molecule has 0 aliphatic rings. The lowest BCUT2D eigenvalue weighted by Crippen LogP contribution is -2.10. The average molecular weight is 968 g/mol. The number of hydrogen-bond donors (Lipinski definition) is 0. The van der Waals surface area contributed by atoms with Crippen LogP contribution in [0, 0.1) is 71.6 Å². The third-order valence-corrected chi connectivity index (χ3v) is 13.0. The lowest BCUT2D eigenvalue weighted by Gasteiger charge is -2.16. The third kappa shape index (κ3) is 8.55. The smallest absolute Gasteiger partial charge is 0.309 e. The van der Waals surface area contributed by atoms with Crippen LogP contribution < -0.4 is 0 Å². The maximum atomic E-state index is 14.9. The van der Waals surface area contributed by atoms with Gasteiger partial charge in [0.15, 0.2) is 11.4 Å². The molecule has 0 atom stereocenters. The monoisotopic (exact) mass is 967 g/mol. The molecule has 0 spiro atoms. The normalized spacial score (nSPS) is 10.8. The molecular formula is C63H28F3N9. The van der Waals surface area contributed by atoms with Crippen LogP contribution in [0.3, 0.4) is 0 Å². The molecule has 0 aliphatic carbocycles. The number of alkyl halides is 3. The molecule has 0 saturated heterocycles. The predicted octanol–water partition coefficient (Wildman–Crippen LogP) is 17.5. The summed E-state index contributed by atoms with van der Waals surface area (Å²) in [5.41, 5.74) is 9.41. The zero-order valence-electron chi connectivity index (χ0n) is 38.8. The number of nitrogens with zero attached hydrogens (tertiary/aromatic N) is 9. The van der Waals surface area contributed by atoms with E-state index >= 15 is 0 Å². The molecule has 9 nitrogen and oxygen atoms in total. The van der Waals surface area contributed by atoms with Gasteiger partial charge in [-0.25, -0.2) is 9.69 Å². The minimum atomic E-state index is -4.71. The molecule has 0 amide bonds. The molecule has 0 bridgehead atoms. The Labute approximate surface area is 427 Å². The second-order valence-corrected chi connectivity index (χ2v) is 17.2. The molecule has 10 rings (SSSR count). The van der Waals surface area contributed by atoms with E-state index in [0.29, 0.717) is 88.6 Å². The zero-order chi connectivity index (χ0) is 52.5. The maximum Gasteiger partial charge on any atom is 0.418 e. The van der Waals surface area contributed by atoms with Crippen LogP contribution in [-0.2, 0) is 6.18 Å². The van der Waals surface area contributed by atoms with Crippen molar-refractivity contribution in [3.8, 4) is 96.7 Å². The number of rotatable bonds is 7. The van der Waals surface area contributed by atoms with E-state index < -0.39 is 11.7 Å². The standard InChI is InChI=1S/C63H28F3N9/c1-71-56-17-13-38(22-52(56)36-70)46-23-45(37-9-11-43(33-67)51(21-37)35-69)24-47(25-46)39-15-19-60-53(29-39)54-30-40(16-20-61(54)75(60)62-8-6-5-7-55(62)63(64,65)66)48-26-49(41-10-12-44(34-68)58(31-41)73-3)28-50(27-48)42-14-18-57(72-2)59(32-42)74-4/h5-32H. The van der Waals surface area contributed by atoms with E-state index in [1.165, 1.54) is 12.1 Å². The van der Waals surface area contributed by atoms with Crippen LogP contribution in [0.5, 0.6) is 0 Å². The van der Waals surface area contributed by atoms with Gasteiger partial charge >= 0.3 is 6.18 Å². The van der Waals surface area contributed by atoms with Crippen LogP contribution in [0.4, 0.5) is 35.9 Å². The third-order valence-electron chi connectivity index (χ3n) is 13.0. The van der Waals surface area contributed by atoms with Crippen molar-refractivity contribution in [2.24, 2.45) is 0 Å². The maximum absolute atomic E-state index is 14.9. The van der Waals surface area contributed by atoms with Crippen molar-refractivity contribution in [3.63, 3.8) is 0 Å². The fraction of sp³-hybridized carbons (Fsp3) is 0.0159. The summed E-state index contributed by atoms with van der Waals surface area (Å²) in [6, 6.07) is 56.0. The Bertz CT molecular complexity index is 4020. The molecule has 75 heavy (non-hydrogen) atoms. The van der Waals surface area contributed by atoms with Gasteiger partial charge < -0.3 is 4.57 Å². The first-order chi connectivity index (χ1) is 36.4. The zero-order valence-corrected chi connectivity index (χ0v) is 38.8. The number of nitriles is 4. The summed E-state index contributed by atoms with van der Waals surface area (Å²) in [6.07, 6.45) is -4.71. The van der Waals surface area contributed by atoms with Gasteiger partial charge in [-0.05, 0) is 164 Å². The van der Waals surface area contributed by atoms with E-state index in [2.05, 4.69) is 43.7 Å². The van der Waals surface area contributed by atoms with Crippen LogP contribution in [0.2, 0.25) is 0 Å². The number of para-hydroxylation sites is 1. The van der Waals surface area contributed by atoms with E-state index in [1.54, 1.807) is 95.6 Å². The van der Waals surface area contributed by atoms with Crippen LogP contribution in [0.1, 0.15) is 27.8 Å². The van der Waals surface area contributed by atoms with Crippen molar-refractivity contribution < 1.29 is 13.2 Å². The van der Waals surface area contributed by atoms with Gasteiger partial charge in [0.2, 0.25) is 11.4 Å². The van der Waals surface area contributed by atoms with Crippen LogP contribution >= 0.6 is 0 Å². The molecule has 0 aliphatic heterocycles. The largest absolute Gasteiger partial charge is 0.418 e. The van der Waals surface area contributed by atoms with Gasteiger partial charge in [0, 0.05) is 10.8 Å². The number of hydrogen-bond acceptors (Lipinski definition) is 4. The molecule has 12 heteroatoms. The van der Waals surface area contributed by atoms with Crippen molar-refractivity contribution in [3.05, 3.63) is 243 Å². The number of benzene rings is 9. The molecule has 346 valence electrons. The number of halogens is 3. The molecular weight excluding hydrogens is 940 g/mol. The molecule has 9 aromatic carbocycles. The molecule has 1 aromatic heterocycles. The Morgan fingerprint density at radius 3 is 1.20 bits per heavy atom. The van der Waals surface area contributed by atoms with Crippen LogP contribution in [-0.4, -0.2) is 4.57 Å². The Kier molecular flexibility index (Phi) is 12.0. The highest BCUT2D eigenvalue weighted by atomic mass is 19.4. The first-order valence-electron chi connectivity index (χ1n) is 22.6. The Balaban J connectivity index is 1.24. The number of fused-ring (bicyclic) bond motifs is 3. The fourth-order valence-corrected chi connectivity index (χ4v) is 9.41. The van der Waals surface area contributed by atoms with Crippen molar-refractivity contribution in [1.82, 2.24) is 4.57 Å². The molecule has 0 unspecified atom stereocenters. The lowest BCUT2D eigenvalue weighted by molar-refractivity contribution is -0.137. The highest BCUT2D eigenvalue weighted by Gasteiger charge is 2.34. The number of aromatic nitrogens is 1. The van der Waals surface area contributed by atoms with E-state index in [0.717, 1.165) is 6.07 Å². The lowest BCUT2D eigenvalue weighted by atomic mass is 9.91. The average Bonchev–Trinajstić information content (AvgIpc) is 3.80. The van der Waals surface area contributed by atoms with Gasteiger partial charge in [-0.2, -0.15) is 34.2 Å². The molecule has 1 heterocycles. The van der Waals surface area contributed by atoms with Gasteiger partial charge in [-0.1, -0.05) is 72.8 Å². The molecule has 0 saturated carbocycles. The van der Waals surface area contributed by atoms with Crippen LogP contribution in [0.15, 0.2) is 170 Å². The fourth-order valence-electron chi connectivity index (χ4n) is 9.41. The minimum Gasteiger partial charge on any atom is -0.309 e. The van der Waals surface area contributed by atoms with Crippen LogP contribution in [0.25, 0.3) is 114 Å². The van der Waals surface area contributed by atoms with Gasteiger partial charge in [0.1, 0.15) is 12.1 Å². The molecule has 10 aromatic rings. The highest BCUT2D eigenvalue weighted by Crippen LogP contribution is 2.44. The Hall–Kier alpha value is -11.5. The van der Waals surface area contributed by atoms with Crippen molar-refractivity contribution >= 4 is 44.6 Å². The second-order valence-electron chi connectivity index (χ2n) is 17.2. The van der Waals surface area contributed by atoms with Gasteiger partial charge in [0.05, 0.1) is 83.0 Å². The summed E-state index contributed by atoms with van der Waals surface area (Å²) < 4.78 is 46.4. The van der Waals surface area contributed by atoms with Crippen molar-refractivity contribution in [2.75, 3.05) is 0 Å². The summed E-state index contributed by atoms with van der Waals surface area (Å²) in [5, 5.41) is 40.6. The minimum absolute atomic E-state index is 0.0840. The first-order valence-corrected chi connectivity index (χ1v) is 22.6. The SMILES string of the molecule is [C-]#[N+]c1ccc(-c2cc(-c3ccc(C#N)c(C#N)c3)cc(-c3ccc4c(c3)c3cc(-c5cc(-c6ccc(C#N)c([N+]#[C-])c6)cc(-c6ccc([N+]#[C-])c([N+]#[C-])c6)c5)ccc3n4-c3ccccc3C(F)(F)F)c2)cc1C#N. The Morgan fingerprint density at radius 1 is 0.347 bits per heavy atom. The van der Waals surface area contributed by atoms with E-state index in [-0.39, 0.29) is 50.7 Å². The molecule has 0 radical (unpaired) electrons. The summed E-state index contributed by atoms with van der Waals surface area (Å²) in [7, 11) is 0. The predicted molar refractivity (Wildman–Crippen MR) is 282 cm³/mol. The second kappa shape index (κ2) is 19.0. The van der Waals surface area contributed by atoms with Gasteiger partial charge in [0.25, 0.3) is 0 Å². The molecule has 0 fully saturated rings. The quantitative estimate of drug-likeness (QED) is 0.148. The van der Waals surface area contributed by atoms with Gasteiger partial charge in [-0.15, -0.1) is 0 Å². The summed E-state index contributed by atoms with van der Waals surface area (Å²) in [6.45, 7) is 30.8. The highest BCUT2D eigenvalue weighted by molar-refractivity contribution is 6.12. The topological polar surface area (TPSA) is 118 Å². The summed E-state index contributed by atoms with van der Waals surface area (Å²) in [5.74, 6) is 0. The van der Waals surface area contributed by atoms with Crippen molar-refractivity contribution in [1.29, 1.82) is 21.0 Å². The van der Waals surface area contributed by atoms with E-state index in [9.17, 15) is 34.2 Å². The summed E-state index contributed by atoms with van der Waals surface area (Å²) in [4.78, 5) is 14.2. The first kappa shape index (κ1) is 47.2. The van der Waals surface area contributed by atoms with Crippen molar-refractivity contribution in [2.45, 2.75) is 6.18 Å². The Morgan fingerprint density at radius 2 is 0.733 bits per heavy atom. The van der Waals surface area contributed by atoms with E-state index in [4.69, 9.17) is 26.3 Å². The summed E-state index contributed by atoms with van der Waals surface area (Å²) >= 11 is 0. The van der Waals surface area contributed by atoms with Gasteiger partial charge in [-0.3, -0.25) is 9.69 Å². The molecule has 0 N–H and O–H groups in total.